The van der Waals surface area contributed by atoms with E-state index >= 15 is 0 Å². The molecular weight excluding hydrogens is 1000 g/mol. The Bertz CT molecular complexity index is 3370. The maximum absolute atomic E-state index is 10.8. The zero-order valence-electron chi connectivity index (χ0n) is 45.3. The third-order valence-corrected chi connectivity index (χ3v) is 13.2. The van der Waals surface area contributed by atoms with Gasteiger partial charge in [-0.1, -0.05) is 340 Å². The quantitative estimate of drug-likeness (QED) is 0.0903. The molecule has 0 spiro atoms. The topological polar surface area (TPSA) is 68.3 Å². The Morgan fingerprint density at radius 2 is 0.317 bits per heavy atom. The molecule has 396 valence electrons. The Hall–Kier alpha value is -10.9. The van der Waals surface area contributed by atoms with Gasteiger partial charge in [-0.15, -0.1) is 0 Å². The molecule has 0 unspecified atom stereocenters. The number of carbonyl (C=O) groups is 4. The number of rotatable bonds is 12. The van der Waals surface area contributed by atoms with E-state index in [-0.39, 0.29) is 0 Å². The van der Waals surface area contributed by atoms with E-state index in [1.54, 1.807) is 0 Å². The zero-order chi connectivity index (χ0) is 56.8. The summed E-state index contributed by atoms with van der Waals surface area (Å²) in [6.07, 6.45) is 3.56. The Labute approximate surface area is 481 Å². The van der Waals surface area contributed by atoms with Crippen LogP contribution in [0.25, 0.3) is 55.7 Å². The van der Waals surface area contributed by atoms with Crippen LogP contribution >= 0.6 is 0 Å². The molecule has 0 radical (unpaired) electrons. The van der Waals surface area contributed by atoms with Crippen molar-refractivity contribution in [3.05, 3.63) is 384 Å². The molecule has 4 heteroatoms. The highest BCUT2D eigenvalue weighted by atomic mass is 16.1. The van der Waals surface area contributed by atoms with Crippen LogP contribution in [-0.4, -0.2) is 25.1 Å². The van der Waals surface area contributed by atoms with Gasteiger partial charge in [-0.3, -0.25) is 19.2 Å². The van der Waals surface area contributed by atoms with Gasteiger partial charge in [-0.2, -0.15) is 0 Å². The van der Waals surface area contributed by atoms with Crippen molar-refractivity contribution in [1.82, 2.24) is 0 Å². The highest BCUT2D eigenvalue weighted by molar-refractivity contribution is 6.04. The first kappa shape index (κ1) is 57.2. The normalized spacial score (nSPS) is 9.90. The summed E-state index contributed by atoms with van der Waals surface area (Å²) >= 11 is 0. The Morgan fingerprint density at radius 1 is 0.171 bits per heavy atom. The second-order valence-corrected chi connectivity index (χ2v) is 18.5. The lowest BCUT2D eigenvalue weighted by molar-refractivity contribution is 0.111. The first-order chi connectivity index (χ1) is 40.6. The Kier molecular flexibility index (Phi) is 22.0. The van der Waals surface area contributed by atoms with Crippen molar-refractivity contribution in [3.8, 4) is 44.5 Å². The van der Waals surface area contributed by atoms with Gasteiger partial charge in [0.05, 0.1) is 0 Å². The summed E-state index contributed by atoms with van der Waals surface area (Å²) in [6.45, 7) is 0. The first-order valence-electron chi connectivity index (χ1n) is 26.9. The average Bonchev–Trinajstić information content (AvgIpc) is 3.75. The number of hydrogen-bond donors (Lipinski definition) is 0. The largest absolute Gasteiger partial charge is 0.298 e. The summed E-state index contributed by atoms with van der Waals surface area (Å²) in [5.74, 6) is 0. The average molecular weight is 1060 g/mol. The zero-order valence-corrected chi connectivity index (χ0v) is 45.3. The van der Waals surface area contributed by atoms with Crippen molar-refractivity contribution in [1.29, 1.82) is 0 Å². The van der Waals surface area contributed by atoms with E-state index in [2.05, 4.69) is 121 Å². The standard InChI is InChI=1S/C26H20.4C13H10O/c1-5-13-21(14-6-1)25(22-15-7-2-8-16-22)26(23-17-9-3-10-18-23)24-19-11-4-12-20-24;4*14-10-12-8-4-5-9-13(12)11-6-2-1-3-7-11/h1-20H;4*1-10H. The van der Waals surface area contributed by atoms with Crippen LogP contribution in [0, 0.1) is 0 Å². The SMILES string of the molecule is O=Cc1ccccc1-c1ccccc1.O=Cc1ccccc1-c1ccccc1.O=Cc1ccccc1-c1ccccc1.O=Cc1ccccc1-c1ccccc1.c1ccc(C(=C(c2ccccc2)c2ccccc2)c2ccccc2)cc1. The van der Waals surface area contributed by atoms with E-state index in [0.717, 1.165) is 91.9 Å². The summed E-state index contributed by atoms with van der Waals surface area (Å²) in [6, 6.07) is 113. The fourth-order valence-corrected chi connectivity index (χ4v) is 9.25. The minimum atomic E-state index is 0.735. The minimum Gasteiger partial charge on any atom is -0.298 e. The van der Waals surface area contributed by atoms with Gasteiger partial charge in [-0.25, -0.2) is 0 Å². The molecule has 0 heterocycles. The predicted molar refractivity (Wildman–Crippen MR) is 340 cm³/mol. The minimum absolute atomic E-state index is 0.735. The smallest absolute Gasteiger partial charge is 0.150 e. The molecule has 12 aromatic carbocycles. The third kappa shape index (κ3) is 16.1. The molecule has 0 saturated heterocycles. The third-order valence-electron chi connectivity index (χ3n) is 13.2. The van der Waals surface area contributed by atoms with E-state index in [4.69, 9.17) is 0 Å². The number of aldehydes is 4. The molecule has 0 aliphatic rings. The molecule has 4 nitrogen and oxygen atoms in total. The molecule has 0 aromatic heterocycles. The van der Waals surface area contributed by atoms with Gasteiger partial charge >= 0.3 is 0 Å². The van der Waals surface area contributed by atoms with Gasteiger partial charge in [0.15, 0.2) is 25.1 Å². The number of hydrogen-bond acceptors (Lipinski definition) is 4. The van der Waals surface area contributed by atoms with Gasteiger partial charge in [0, 0.05) is 22.3 Å². The molecule has 0 fully saturated rings. The maximum Gasteiger partial charge on any atom is 0.150 e. The van der Waals surface area contributed by atoms with E-state index in [0.29, 0.717) is 0 Å². The van der Waals surface area contributed by atoms with Gasteiger partial charge < -0.3 is 0 Å². The lowest BCUT2D eigenvalue weighted by Gasteiger charge is -2.18. The lowest BCUT2D eigenvalue weighted by atomic mass is 9.86. The summed E-state index contributed by atoms with van der Waals surface area (Å²) < 4.78 is 0. The van der Waals surface area contributed by atoms with Crippen LogP contribution in [0.3, 0.4) is 0 Å². The van der Waals surface area contributed by atoms with Gasteiger partial charge in [0.1, 0.15) is 0 Å². The molecular formula is C78H60O4. The summed E-state index contributed by atoms with van der Waals surface area (Å²) in [4.78, 5) is 43.2. The number of carbonyl (C=O) groups excluding carboxylic acids is 4. The monoisotopic (exact) mass is 1060 g/mol. The van der Waals surface area contributed by atoms with Crippen LogP contribution in [0.2, 0.25) is 0 Å². The van der Waals surface area contributed by atoms with Crippen LogP contribution < -0.4 is 0 Å². The Morgan fingerprint density at radius 3 is 0.488 bits per heavy atom. The highest BCUT2D eigenvalue weighted by Crippen LogP contribution is 2.37. The predicted octanol–water partition coefficient (Wildman–Crippen LogP) is 19.4. The number of benzene rings is 12. The van der Waals surface area contributed by atoms with Crippen molar-refractivity contribution in [2.24, 2.45) is 0 Å². The van der Waals surface area contributed by atoms with Crippen LogP contribution in [0.1, 0.15) is 63.7 Å². The van der Waals surface area contributed by atoms with Crippen LogP contribution in [0.15, 0.2) is 340 Å². The molecule has 0 saturated carbocycles. The van der Waals surface area contributed by atoms with Crippen molar-refractivity contribution in [2.45, 2.75) is 0 Å². The van der Waals surface area contributed by atoms with Crippen LogP contribution in [-0.2, 0) is 0 Å². The molecule has 0 aliphatic heterocycles. The van der Waals surface area contributed by atoms with Gasteiger partial charge in [0.25, 0.3) is 0 Å². The molecule has 82 heavy (non-hydrogen) atoms. The van der Waals surface area contributed by atoms with Crippen LogP contribution in [0.4, 0.5) is 0 Å². The highest BCUT2D eigenvalue weighted by Gasteiger charge is 2.16. The molecule has 0 aliphatic carbocycles. The summed E-state index contributed by atoms with van der Waals surface area (Å²) in [5.41, 5.74) is 18.6. The fourth-order valence-electron chi connectivity index (χ4n) is 9.25. The van der Waals surface area contributed by atoms with Gasteiger partial charge in [0.2, 0.25) is 0 Å². The molecule has 0 N–H and O–H groups in total. The van der Waals surface area contributed by atoms with Gasteiger partial charge in [-0.05, 0) is 77.9 Å². The second kappa shape index (κ2) is 31.5. The van der Waals surface area contributed by atoms with E-state index in [1.165, 1.54) is 33.4 Å². The molecule has 0 atom stereocenters. The maximum atomic E-state index is 10.8. The van der Waals surface area contributed by atoms with E-state index < -0.39 is 0 Å². The van der Waals surface area contributed by atoms with Crippen molar-refractivity contribution in [3.63, 3.8) is 0 Å². The Balaban J connectivity index is 0.000000138. The molecule has 12 rings (SSSR count). The van der Waals surface area contributed by atoms with E-state index in [9.17, 15) is 19.2 Å². The van der Waals surface area contributed by atoms with Crippen molar-refractivity contribution < 1.29 is 19.2 Å². The first-order valence-corrected chi connectivity index (χ1v) is 26.9. The van der Waals surface area contributed by atoms with Crippen molar-refractivity contribution >= 4 is 36.3 Å². The van der Waals surface area contributed by atoms with Crippen molar-refractivity contribution in [2.75, 3.05) is 0 Å². The summed E-state index contributed by atoms with van der Waals surface area (Å²) in [7, 11) is 0. The molecule has 12 aromatic rings. The fraction of sp³-hybridized carbons (Fsp3) is 0. The van der Waals surface area contributed by atoms with E-state index in [1.807, 2.05) is 218 Å². The second-order valence-electron chi connectivity index (χ2n) is 18.5. The lowest BCUT2D eigenvalue weighted by Crippen LogP contribution is -1.97. The molecule has 0 amide bonds. The van der Waals surface area contributed by atoms with Crippen LogP contribution in [0.5, 0.6) is 0 Å². The summed E-state index contributed by atoms with van der Waals surface area (Å²) in [5, 5.41) is 0. The molecule has 0 bridgehead atoms.